The number of fused-ring (bicyclic) bond motifs is 1. The van der Waals surface area contributed by atoms with Crippen molar-refractivity contribution in [3.8, 4) is 5.75 Å². The van der Waals surface area contributed by atoms with Gasteiger partial charge < -0.3 is 15.4 Å². The SMILES string of the molecule is COc1ccc(NC(=O)CCCN2C(=O)C3SC=CC3=[N+](CC(=O)Nc3cc(C)[nH]n3)C2=O)cc1. The first-order chi connectivity index (χ1) is 16.9. The minimum Gasteiger partial charge on any atom is -0.497 e. The van der Waals surface area contributed by atoms with E-state index in [0.717, 1.165) is 10.6 Å². The number of nitrogens with one attached hydrogen (secondary N) is 3. The fraction of sp³-hybridized carbons (Fsp3) is 0.304. The Kier molecular flexibility index (Phi) is 7.30. The summed E-state index contributed by atoms with van der Waals surface area (Å²) in [7, 11) is 1.56. The van der Waals surface area contributed by atoms with Crippen molar-refractivity contribution < 1.29 is 28.5 Å². The monoisotopic (exact) mass is 497 g/mol. The molecule has 0 radical (unpaired) electrons. The average molecular weight is 498 g/mol. The maximum Gasteiger partial charge on any atom is 0.501 e. The highest BCUT2D eigenvalue weighted by atomic mass is 32.2. The summed E-state index contributed by atoms with van der Waals surface area (Å²) >= 11 is 1.28. The molecule has 0 spiro atoms. The zero-order valence-electron chi connectivity index (χ0n) is 19.2. The zero-order chi connectivity index (χ0) is 24.9. The van der Waals surface area contributed by atoms with Crippen LogP contribution < -0.4 is 15.4 Å². The van der Waals surface area contributed by atoms with Crippen LogP contribution in [0, 0.1) is 6.92 Å². The van der Waals surface area contributed by atoms with Gasteiger partial charge in [0, 0.05) is 23.9 Å². The maximum absolute atomic E-state index is 13.2. The molecule has 182 valence electrons. The van der Waals surface area contributed by atoms with Crippen LogP contribution in [-0.4, -0.2) is 74.6 Å². The molecule has 0 bridgehead atoms. The molecule has 1 atom stereocenters. The fourth-order valence-electron chi connectivity index (χ4n) is 3.72. The Hall–Kier alpha value is -3.93. The molecule has 2 aliphatic heterocycles. The van der Waals surface area contributed by atoms with E-state index in [2.05, 4.69) is 20.8 Å². The van der Waals surface area contributed by atoms with Crippen molar-refractivity contribution in [2.24, 2.45) is 0 Å². The number of carbonyl (C=O) groups is 4. The minimum atomic E-state index is -0.596. The Balaban J connectivity index is 1.36. The molecule has 0 aliphatic carbocycles. The van der Waals surface area contributed by atoms with Gasteiger partial charge in [0.25, 0.3) is 5.91 Å². The molecule has 1 unspecified atom stereocenters. The van der Waals surface area contributed by atoms with Crippen LogP contribution in [-0.2, 0) is 14.4 Å². The molecule has 5 amide bonds. The summed E-state index contributed by atoms with van der Waals surface area (Å²) in [5.74, 6) is 0.00964. The van der Waals surface area contributed by atoms with E-state index in [1.54, 1.807) is 55.8 Å². The van der Waals surface area contributed by atoms with E-state index in [0.29, 0.717) is 23.0 Å². The van der Waals surface area contributed by atoms with Crippen molar-refractivity contribution in [2.45, 2.75) is 25.0 Å². The van der Waals surface area contributed by atoms with E-state index in [1.807, 2.05) is 0 Å². The molecular formula is C23H25N6O5S+. The summed E-state index contributed by atoms with van der Waals surface area (Å²) in [5.41, 5.74) is 1.89. The molecule has 0 saturated carbocycles. The number of rotatable bonds is 9. The molecule has 1 aromatic heterocycles. The van der Waals surface area contributed by atoms with Gasteiger partial charge in [-0.25, -0.2) is 4.79 Å². The van der Waals surface area contributed by atoms with Crippen molar-refractivity contribution in [1.29, 1.82) is 0 Å². The zero-order valence-corrected chi connectivity index (χ0v) is 20.1. The first-order valence-corrected chi connectivity index (χ1v) is 11.9. The van der Waals surface area contributed by atoms with Gasteiger partial charge in [0.05, 0.1) is 13.7 Å². The number of hydrogen-bond donors (Lipinski definition) is 3. The quantitative estimate of drug-likeness (QED) is 0.452. The number of methoxy groups -OCH3 is 1. The molecule has 0 fully saturated rings. The molecule has 4 rings (SSSR count). The van der Waals surface area contributed by atoms with Crippen LogP contribution in [0.4, 0.5) is 16.3 Å². The number of imide groups is 1. The van der Waals surface area contributed by atoms with Gasteiger partial charge >= 0.3 is 11.9 Å². The topological polar surface area (TPSA) is 136 Å². The number of H-pyrrole nitrogens is 1. The second-order valence-electron chi connectivity index (χ2n) is 7.97. The highest BCUT2D eigenvalue weighted by Crippen LogP contribution is 2.28. The second-order valence-corrected chi connectivity index (χ2v) is 8.98. The molecule has 2 aromatic rings. The van der Waals surface area contributed by atoms with Crippen molar-refractivity contribution in [1.82, 2.24) is 15.1 Å². The van der Waals surface area contributed by atoms with Gasteiger partial charge in [-0.05, 0) is 49.1 Å². The van der Waals surface area contributed by atoms with Crippen LogP contribution in [0.5, 0.6) is 5.75 Å². The Bertz CT molecular complexity index is 1220. The summed E-state index contributed by atoms with van der Waals surface area (Å²) in [6.45, 7) is 1.61. The largest absolute Gasteiger partial charge is 0.501 e. The Labute approximate surface area is 205 Å². The van der Waals surface area contributed by atoms with E-state index in [9.17, 15) is 19.2 Å². The molecule has 3 N–H and O–H groups in total. The molecule has 2 aliphatic rings. The van der Waals surface area contributed by atoms with E-state index >= 15 is 0 Å². The van der Waals surface area contributed by atoms with Crippen LogP contribution in [0.2, 0.25) is 0 Å². The summed E-state index contributed by atoms with van der Waals surface area (Å²) in [4.78, 5) is 52.1. The summed E-state index contributed by atoms with van der Waals surface area (Å²) in [6, 6.07) is 8.01. The maximum atomic E-state index is 13.2. The number of amides is 5. The van der Waals surface area contributed by atoms with Gasteiger partial charge in [0.2, 0.25) is 5.91 Å². The number of aryl methyl sites for hydroxylation is 1. The normalized spacial score (nSPS) is 17.0. The van der Waals surface area contributed by atoms with Crippen LogP contribution in [0.3, 0.4) is 0 Å². The number of ether oxygens (including phenoxy) is 1. The lowest BCUT2D eigenvalue weighted by molar-refractivity contribution is -0.425. The molecule has 11 nitrogen and oxygen atoms in total. The number of benzene rings is 1. The Morgan fingerprint density at radius 1 is 1.20 bits per heavy atom. The average Bonchev–Trinajstić information content (AvgIpc) is 3.48. The minimum absolute atomic E-state index is 0.0642. The van der Waals surface area contributed by atoms with Crippen molar-refractivity contribution in [3.63, 3.8) is 0 Å². The molecule has 3 heterocycles. The third-order valence-electron chi connectivity index (χ3n) is 5.42. The van der Waals surface area contributed by atoms with Gasteiger partial charge in [0.1, 0.15) is 11.5 Å². The van der Waals surface area contributed by atoms with Crippen LogP contribution in [0.15, 0.2) is 41.8 Å². The number of aromatic amines is 1. The molecular weight excluding hydrogens is 472 g/mol. The number of aromatic nitrogens is 2. The van der Waals surface area contributed by atoms with E-state index in [4.69, 9.17) is 4.74 Å². The summed E-state index contributed by atoms with van der Waals surface area (Å²) in [5, 5.41) is 13.3. The van der Waals surface area contributed by atoms with Crippen molar-refractivity contribution in [3.05, 3.63) is 47.5 Å². The number of urea groups is 1. The number of thioether (sulfide) groups is 1. The van der Waals surface area contributed by atoms with E-state index in [1.165, 1.54) is 16.3 Å². The summed E-state index contributed by atoms with van der Waals surface area (Å²) < 4.78 is 6.40. The fourth-order valence-corrected chi connectivity index (χ4v) is 4.69. The molecule has 12 heteroatoms. The number of carbonyl (C=O) groups excluding carboxylic acids is 4. The second kappa shape index (κ2) is 10.6. The number of hydrogen-bond acceptors (Lipinski definition) is 7. The molecule has 1 aromatic carbocycles. The van der Waals surface area contributed by atoms with E-state index < -0.39 is 17.2 Å². The van der Waals surface area contributed by atoms with Crippen molar-refractivity contribution >= 4 is 52.7 Å². The highest BCUT2D eigenvalue weighted by Gasteiger charge is 2.49. The van der Waals surface area contributed by atoms with Gasteiger partial charge in [-0.15, -0.1) is 11.8 Å². The van der Waals surface area contributed by atoms with Crippen molar-refractivity contribution in [2.75, 3.05) is 30.8 Å². The first kappa shape index (κ1) is 24.2. The van der Waals surface area contributed by atoms with Crippen LogP contribution >= 0.6 is 11.8 Å². The smallest absolute Gasteiger partial charge is 0.497 e. The van der Waals surface area contributed by atoms with Gasteiger partial charge in [0.15, 0.2) is 17.6 Å². The predicted molar refractivity (Wildman–Crippen MR) is 131 cm³/mol. The van der Waals surface area contributed by atoms with Gasteiger partial charge in [-0.2, -0.15) is 19.4 Å². The molecule has 0 saturated heterocycles. The lowest BCUT2D eigenvalue weighted by Gasteiger charge is -2.24. The predicted octanol–water partition coefficient (Wildman–Crippen LogP) is 2.13. The van der Waals surface area contributed by atoms with Gasteiger partial charge in [-0.1, -0.05) is 0 Å². The lowest BCUT2D eigenvalue weighted by atomic mass is 10.1. The molecule has 35 heavy (non-hydrogen) atoms. The standard InChI is InChI=1S/C23H24N6O5S/c1-14-12-18(27-26-14)25-20(31)13-29-17-9-11-35-21(17)22(32)28(23(29)33)10-3-4-19(30)24-15-5-7-16(34-2)8-6-15/h5-9,11-12,21H,3-4,10,13H2,1-2H3,(H2-,24,25,26,27,30,31)/p+1. The highest BCUT2D eigenvalue weighted by molar-refractivity contribution is 8.04. The Morgan fingerprint density at radius 2 is 1.97 bits per heavy atom. The van der Waals surface area contributed by atoms with Crippen LogP contribution in [0.25, 0.3) is 0 Å². The number of nitrogens with zero attached hydrogens (tertiary/aromatic N) is 3. The summed E-state index contributed by atoms with van der Waals surface area (Å²) in [6.07, 6.45) is 2.08. The van der Waals surface area contributed by atoms with Gasteiger partial charge in [-0.3, -0.25) is 14.7 Å². The third-order valence-corrected chi connectivity index (χ3v) is 6.43. The van der Waals surface area contributed by atoms with E-state index in [-0.39, 0.29) is 37.7 Å². The first-order valence-electron chi connectivity index (χ1n) is 10.9. The number of allylic oxidation sites excluding steroid dienone is 1. The Morgan fingerprint density at radius 3 is 2.66 bits per heavy atom. The number of anilines is 2. The van der Waals surface area contributed by atoms with Crippen LogP contribution in [0.1, 0.15) is 18.5 Å². The third kappa shape index (κ3) is 5.60. The lowest BCUT2D eigenvalue weighted by Crippen LogP contribution is -2.56.